The summed E-state index contributed by atoms with van der Waals surface area (Å²) in [4.78, 5) is 3.11. The van der Waals surface area contributed by atoms with Crippen LogP contribution in [-0.2, 0) is 17.2 Å². The fourth-order valence-corrected chi connectivity index (χ4v) is 6.18. The summed E-state index contributed by atoms with van der Waals surface area (Å²) in [5, 5.41) is 2.02. The van der Waals surface area contributed by atoms with Crippen LogP contribution in [0.3, 0.4) is 0 Å². The number of nitrogens with zero attached hydrogens (tertiary/aromatic N) is 2. The molecular weight excluding hydrogens is 456 g/mol. The number of ether oxygens (including phenoxy) is 2. The van der Waals surface area contributed by atoms with E-state index in [0.717, 1.165) is 42.3 Å². The lowest BCUT2D eigenvalue weighted by Crippen LogP contribution is -2.29. The summed E-state index contributed by atoms with van der Waals surface area (Å²) < 4.78 is 47.2. The smallest absolute Gasteiger partial charge is 0.265 e. The maximum absolute atomic E-state index is 11.1. The van der Waals surface area contributed by atoms with Gasteiger partial charge in [0.05, 0.1) is 47.2 Å². The molecule has 0 radical (unpaired) electrons. The molecular formula is C21H22N2O5S3. The summed E-state index contributed by atoms with van der Waals surface area (Å²) in [6.45, 7) is 0.420. The van der Waals surface area contributed by atoms with Gasteiger partial charge in [-0.3, -0.25) is 0 Å². The van der Waals surface area contributed by atoms with E-state index in [1.807, 2.05) is 43.4 Å². The minimum Gasteiger partial charge on any atom is -0.748 e. The standard InChI is InChI=1S/C21H22N2O5S3/c1-22-16-11-14(27-2)5-7-18(16)29-20(22)13-21-23(9-4-10-31(24,25)26)17-12-15(28-3)6-8-19(17)30-21/h5-8,11-13H,4,9-10H2,1-3H3. The Morgan fingerprint density at radius 3 is 2.55 bits per heavy atom. The molecule has 0 fully saturated rings. The van der Waals surface area contributed by atoms with Crippen LogP contribution in [0.5, 0.6) is 11.5 Å². The highest BCUT2D eigenvalue weighted by atomic mass is 32.2. The van der Waals surface area contributed by atoms with Crippen LogP contribution in [0.1, 0.15) is 11.4 Å². The van der Waals surface area contributed by atoms with Gasteiger partial charge in [0, 0.05) is 23.3 Å². The zero-order valence-corrected chi connectivity index (χ0v) is 19.8. The SMILES string of the molecule is COc1ccc2c(c1)N(CCCS(=O)(=O)[O-])C(=Cc1sc3ccc(OC)cc3[n+]1C)S2. The quantitative estimate of drug-likeness (QED) is 0.379. The molecule has 0 N–H and O–H groups in total. The number of aryl methyl sites for hydroxylation is 1. The molecule has 1 aliphatic rings. The largest absolute Gasteiger partial charge is 0.748 e. The molecule has 2 aromatic carbocycles. The van der Waals surface area contributed by atoms with Crippen molar-refractivity contribution in [2.75, 3.05) is 31.4 Å². The van der Waals surface area contributed by atoms with Crippen LogP contribution in [0.2, 0.25) is 0 Å². The second-order valence-electron chi connectivity index (χ2n) is 7.02. The van der Waals surface area contributed by atoms with E-state index in [1.165, 1.54) is 0 Å². The average Bonchev–Trinajstić information content (AvgIpc) is 3.24. The van der Waals surface area contributed by atoms with Gasteiger partial charge in [-0.15, -0.1) is 0 Å². The molecule has 164 valence electrons. The summed E-state index contributed by atoms with van der Waals surface area (Å²) in [5.74, 6) is 1.13. The van der Waals surface area contributed by atoms with Crippen LogP contribution >= 0.6 is 23.1 Å². The Kier molecular flexibility index (Phi) is 6.16. The fraction of sp³-hybridized carbons (Fsp3) is 0.286. The molecule has 31 heavy (non-hydrogen) atoms. The van der Waals surface area contributed by atoms with E-state index in [2.05, 4.69) is 15.5 Å². The number of anilines is 1. The Morgan fingerprint density at radius 1 is 1.13 bits per heavy atom. The second-order valence-corrected chi connectivity index (χ2v) is 10.7. The minimum atomic E-state index is -4.25. The van der Waals surface area contributed by atoms with Gasteiger partial charge in [0.1, 0.15) is 23.2 Å². The van der Waals surface area contributed by atoms with Gasteiger partial charge >= 0.3 is 0 Å². The highest BCUT2D eigenvalue weighted by Gasteiger charge is 2.28. The Labute approximate surface area is 189 Å². The van der Waals surface area contributed by atoms with Gasteiger partial charge in [0.15, 0.2) is 0 Å². The zero-order chi connectivity index (χ0) is 22.2. The van der Waals surface area contributed by atoms with Gasteiger partial charge < -0.3 is 18.9 Å². The van der Waals surface area contributed by atoms with Gasteiger partial charge in [0.2, 0.25) is 5.52 Å². The third-order valence-corrected chi connectivity index (χ3v) is 8.10. The Hall–Kier alpha value is -2.27. The maximum Gasteiger partial charge on any atom is 0.265 e. The van der Waals surface area contributed by atoms with Crippen LogP contribution in [0, 0.1) is 0 Å². The van der Waals surface area contributed by atoms with E-state index in [0.29, 0.717) is 6.54 Å². The average molecular weight is 479 g/mol. The predicted octanol–water partition coefficient (Wildman–Crippen LogP) is 3.59. The number of thioether (sulfide) groups is 1. The molecule has 4 rings (SSSR count). The van der Waals surface area contributed by atoms with Crippen molar-refractivity contribution in [1.29, 1.82) is 0 Å². The number of hydrogen-bond acceptors (Lipinski definition) is 8. The topological polar surface area (TPSA) is 82.8 Å². The van der Waals surface area contributed by atoms with Gasteiger partial charge in [-0.25, -0.2) is 8.42 Å². The monoisotopic (exact) mass is 478 g/mol. The molecule has 10 heteroatoms. The summed E-state index contributed by atoms with van der Waals surface area (Å²) >= 11 is 3.28. The molecule has 0 bridgehead atoms. The number of methoxy groups -OCH3 is 2. The number of benzene rings is 2. The van der Waals surface area contributed by atoms with Crippen molar-refractivity contribution in [2.24, 2.45) is 7.05 Å². The molecule has 0 amide bonds. The number of thiazole rings is 1. The molecule has 2 heterocycles. The normalized spacial score (nSPS) is 15.0. The van der Waals surface area contributed by atoms with Crippen LogP contribution in [0.4, 0.5) is 5.69 Å². The van der Waals surface area contributed by atoms with E-state index >= 15 is 0 Å². The van der Waals surface area contributed by atoms with Crippen LogP contribution in [0.25, 0.3) is 16.3 Å². The van der Waals surface area contributed by atoms with Crippen LogP contribution in [0.15, 0.2) is 46.3 Å². The van der Waals surface area contributed by atoms with Crippen molar-refractivity contribution in [3.63, 3.8) is 0 Å². The first kappa shape index (κ1) is 21.9. The molecule has 0 saturated carbocycles. The lowest BCUT2D eigenvalue weighted by molar-refractivity contribution is -0.642. The van der Waals surface area contributed by atoms with E-state index in [1.54, 1.807) is 37.3 Å². The van der Waals surface area contributed by atoms with Crippen molar-refractivity contribution >= 4 is 55.2 Å². The number of fused-ring (bicyclic) bond motifs is 2. The molecule has 0 unspecified atom stereocenters. The highest BCUT2D eigenvalue weighted by Crippen LogP contribution is 2.48. The molecule has 0 saturated heterocycles. The Bertz CT molecular complexity index is 1270. The molecule has 3 aromatic rings. The van der Waals surface area contributed by atoms with E-state index in [4.69, 9.17) is 9.47 Å². The first-order valence-corrected chi connectivity index (χ1v) is 12.8. The molecule has 0 atom stereocenters. The molecule has 0 spiro atoms. The lowest BCUT2D eigenvalue weighted by Gasteiger charge is -2.21. The summed E-state index contributed by atoms with van der Waals surface area (Å²) in [6.07, 6.45) is 2.34. The van der Waals surface area contributed by atoms with E-state index in [-0.39, 0.29) is 6.42 Å². The third-order valence-electron chi connectivity index (χ3n) is 5.03. The fourth-order valence-electron chi connectivity index (χ4n) is 3.45. The summed E-state index contributed by atoms with van der Waals surface area (Å²) in [6, 6.07) is 11.8. The number of aromatic nitrogens is 1. The van der Waals surface area contributed by atoms with Gasteiger partial charge in [-0.2, -0.15) is 4.57 Å². The van der Waals surface area contributed by atoms with Crippen LogP contribution in [-0.4, -0.2) is 39.5 Å². The zero-order valence-electron chi connectivity index (χ0n) is 17.3. The van der Waals surface area contributed by atoms with Gasteiger partial charge in [-0.1, -0.05) is 23.1 Å². The van der Waals surface area contributed by atoms with E-state index < -0.39 is 15.9 Å². The van der Waals surface area contributed by atoms with Crippen molar-refractivity contribution < 1.29 is 27.0 Å². The van der Waals surface area contributed by atoms with Gasteiger partial charge in [-0.05, 0) is 30.7 Å². The number of hydrogen-bond donors (Lipinski definition) is 0. The minimum absolute atomic E-state index is 0.246. The Morgan fingerprint density at radius 2 is 1.84 bits per heavy atom. The Balaban J connectivity index is 1.72. The molecule has 1 aliphatic heterocycles. The van der Waals surface area contributed by atoms with Crippen molar-refractivity contribution in [2.45, 2.75) is 11.3 Å². The van der Waals surface area contributed by atoms with Crippen molar-refractivity contribution in [1.82, 2.24) is 0 Å². The molecule has 0 aliphatic carbocycles. The summed E-state index contributed by atoms with van der Waals surface area (Å²) in [7, 11) is 1.02. The van der Waals surface area contributed by atoms with E-state index in [9.17, 15) is 13.0 Å². The first-order chi connectivity index (χ1) is 14.8. The second kappa shape index (κ2) is 8.70. The van der Waals surface area contributed by atoms with Crippen LogP contribution < -0.4 is 18.9 Å². The summed E-state index contributed by atoms with van der Waals surface area (Å²) in [5.41, 5.74) is 2.02. The highest BCUT2D eigenvalue weighted by molar-refractivity contribution is 8.03. The van der Waals surface area contributed by atoms with Crippen molar-refractivity contribution in [3.05, 3.63) is 46.4 Å². The molecule has 1 aromatic heterocycles. The van der Waals surface area contributed by atoms with Gasteiger partial charge in [0.25, 0.3) is 5.01 Å². The molecule has 7 nitrogen and oxygen atoms in total. The number of rotatable bonds is 7. The first-order valence-electron chi connectivity index (χ1n) is 9.54. The third kappa shape index (κ3) is 4.67. The lowest BCUT2D eigenvalue weighted by atomic mass is 10.2. The van der Waals surface area contributed by atoms with Crippen molar-refractivity contribution in [3.8, 4) is 11.5 Å². The predicted molar refractivity (Wildman–Crippen MR) is 123 cm³/mol. The maximum atomic E-state index is 11.1.